The number of rotatable bonds is 3. The Balaban J connectivity index is 3.00. The Morgan fingerprint density at radius 3 is 2.69 bits per heavy atom. The van der Waals surface area contributed by atoms with E-state index in [1.807, 2.05) is 13.8 Å². The molecule has 0 radical (unpaired) electrons. The lowest BCUT2D eigenvalue weighted by Crippen LogP contribution is -2.44. The first-order valence-corrected chi connectivity index (χ1v) is 5.37. The van der Waals surface area contributed by atoms with Crippen molar-refractivity contribution in [1.82, 2.24) is 9.88 Å². The third-order valence-electron chi connectivity index (χ3n) is 3.16. The van der Waals surface area contributed by atoms with Gasteiger partial charge in [0.1, 0.15) is 0 Å². The third kappa shape index (κ3) is 2.32. The predicted molar refractivity (Wildman–Crippen MR) is 65.1 cm³/mol. The second-order valence-corrected chi connectivity index (χ2v) is 4.49. The number of anilines is 1. The van der Waals surface area contributed by atoms with Crippen LogP contribution in [0.1, 0.15) is 37.6 Å². The van der Waals surface area contributed by atoms with Crippen LogP contribution >= 0.6 is 0 Å². The van der Waals surface area contributed by atoms with Crippen LogP contribution in [0.25, 0.3) is 0 Å². The van der Waals surface area contributed by atoms with Crippen molar-refractivity contribution in [2.75, 3.05) is 12.8 Å². The van der Waals surface area contributed by atoms with E-state index in [1.54, 1.807) is 24.2 Å². The molecule has 16 heavy (non-hydrogen) atoms. The number of pyridine rings is 1. The zero-order valence-electron chi connectivity index (χ0n) is 10.3. The lowest BCUT2D eigenvalue weighted by Gasteiger charge is -2.35. The Hall–Kier alpha value is -1.58. The average molecular weight is 221 g/mol. The minimum absolute atomic E-state index is 0.0632. The van der Waals surface area contributed by atoms with E-state index in [4.69, 9.17) is 5.73 Å². The highest BCUT2D eigenvalue weighted by atomic mass is 16.2. The van der Waals surface area contributed by atoms with E-state index < -0.39 is 0 Å². The van der Waals surface area contributed by atoms with E-state index in [0.29, 0.717) is 11.3 Å². The van der Waals surface area contributed by atoms with E-state index in [1.165, 1.54) is 6.20 Å². The van der Waals surface area contributed by atoms with Crippen molar-refractivity contribution in [3.8, 4) is 0 Å². The van der Waals surface area contributed by atoms with Gasteiger partial charge in [0.15, 0.2) is 0 Å². The quantitative estimate of drug-likeness (QED) is 0.848. The minimum atomic E-state index is -0.174. The summed E-state index contributed by atoms with van der Waals surface area (Å²) in [5, 5.41) is 0. The van der Waals surface area contributed by atoms with Crippen LogP contribution in [0.5, 0.6) is 0 Å². The summed E-state index contributed by atoms with van der Waals surface area (Å²) in [6, 6.07) is 1.65. The molecule has 0 bridgehead atoms. The highest BCUT2D eigenvalue weighted by Crippen LogP contribution is 2.21. The van der Waals surface area contributed by atoms with Gasteiger partial charge in [-0.2, -0.15) is 0 Å². The van der Waals surface area contributed by atoms with Crippen LogP contribution in [0, 0.1) is 0 Å². The smallest absolute Gasteiger partial charge is 0.256 e. The maximum atomic E-state index is 12.2. The molecule has 0 aromatic carbocycles. The first kappa shape index (κ1) is 12.5. The van der Waals surface area contributed by atoms with Crippen LogP contribution in [-0.2, 0) is 0 Å². The first-order chi connectivity index (χ1) is 7.40. The zero-order valence-corrected chi connectivity index (χ0v) is 10.3. The van der Waals surface area contributed by atoms with Gasteiger partial charge in [0.25, 0.3) is 5.91 Å². The maximum absolute atomic E-state index is 12.2. The summed E-state index contributed by atoms with van der Waals surface area (Å²) in [5.41, 5.74) is 6.50. The molecule has 0 aliphatic carbocycles. The summed E-state index contributed by atoms with van der Waals surface area (Å²) in [4.78, 5) is 17.8. The Kier molecular flexibility index (Phi) is 3.52. The summed E-state index contributed by atoms with van der Waals surface area (Å²) in [5.74, 6) is -0.0632. The largest absolute Gasteiger partial charge is 0.397 e. The van der Waals surface area contributed by atoms with Gasteiger partial charge in [-0.1, -0.05) is 6.92 Å². The molecule has 88 valence electrons. The molecule has 0 aliphatic heterocycles. The van der Waals surface area contributed by atoms with Gasteiger partial charge in [0.05, 0.1) is 17.4 Å². The number of nitrogens with two attached hydrogens (primary N) is 1. The Bertz CT molecular complexity index is 388. The predicted octanol–water partition coefficient (Wildman–Crippen LogP) is 1.92. The van der Waals surface area contributed by atoms with Gasteiger partial charge in [-0.3, -0.25) is 9.78 Å². The minimum Gasteiger partial charge on any atom is -0.397 e. The highest BCUT2D eigenvalue weighted by Gasteiger charge is 2.27. The topological polar surface area (TPSA) is 59.2 Å². The molecule has 0 saturated carbocycles. The van der Waals surface area contributed by atoms with Gasteiger partial charge in [0, 0.05) is 18.8 Å². The van der Waals surface area contributed by atoms with Crippen molar-refractivity contribution < 1.29 is 4.79 Å². The van der Waals surface area contributed by atoms with Crippen molar-refractivity contribution in [1.29, 1.82) is 0 Å². The molecule has 0 saturated heterocycles. The number of carbonyl (C=O) groups excluding carboxylic acids is 1. The Morgan fingerprint density at radius 2 is 2.19 bits per heavy atom. The zero-order chi connectivity index (χ0) is 12.3. The second kappa shape index (κ2) is 4.51. The van der Waals surface area contributed by atoms with Crippen LogP contribution < -0.4 is 5.73 Å². The van der Waals surface area contributed by atoms with Crippen molar-refractivity contribution >= 4 is 11.6 Å². The molecular weight excluding hydrogens is 202 g/mol. The molecule has 1 aromatic heterocycles. The molecule has 4 nitrogen and oxygen atoms in total. The SMILES string of the molecule is CCC(C)(C)N(C)C(=O)c1ccncc1N. The van der Waals surface area contributed by atoms with Crippen LogP contribution in [0.15, 0.2) is 18.5 Å². The summed E-state index contributed by atoms with van der Waals surface area (Å²) in [7, 11) is 1.80. The normalized spacial score (nSPS) is 11.2. The Labute approximate surface area is 96.5 Å². The van der Waals surface area contributed by atoms with Crippen molar-refractivity contribution in [3.63, 3.8) is 0 Å². The molecule has 1 aromatic rings. The van der Waals surface area contributed by atoms with Gasteiger partial charge in [-0.25, -0.2) is 0 Å². The molecule has 4 heteroatoms. The first-order valence-electron chi connectivity index (χ1n) is 5.37. The molecule has 0 spiro atoms. The van der Waals surface area contributed by atoms with Crippen LogP contribution in [0.2, 0.25) is 0 Å². The number of nitrogens with zero attached hydrogens (tertiary/aromatic N) is 2. The van der Waals surface area contributed by atoms with Crippen LogP contribution in [-0.4, -0.2) is 28.4 Å². The molecule has 0 unspecified atom stereocenters. The number of hydrogen-bond acceptors (Lipinski definition) is 3. The van der Waals surface area contributed by atoms with Crippen LogP contribution in [0.3, 0.4) is 0 Å². The molecule has 0 fully saturated rings. The van der Waals surface area contributed by atoms with Crippen molar-refractivity contribution in [3.05, 3.63) is 24.0 Å². The summed E-state index contributed by atoms with van der Waals surface area (Å²) < 4.78 is 0. The molecule has 2 N–H and O–H groups in total. The van der Waals surface area contributed by atoms with E-state index in [9.17, 15) is 4.79 Å². The fraction of sp³-hybridized carbons (Fsp3) is 0.500. The van der Waals surface area contributed by atoms with E-state index in [2.05, 4.69) is 11.9 Å². The fourth-order valence-corrected chi connectivity index (χ4v) is 1.29. The third-order valence-corrected chi connectivity index (χ3v) is 3.16. The van der Waals surface area contributed by atoms with E-state index in [0.717, 1.165) is 6.42 Å². The molecule has 1 rings (SSSR count). The van der Waals surface area contributed by atoms with Gasteiger partial charge in [-0.05, 0) is 26.3 Å². The molecule has 1 amide bonds. The number of hydrogen-bond donors (Lipinski definition) is 1. The van der Waals surface area contributed by atoms with Gasteiger partial charge >= 0.3 is 0 Å². The number of aromatic nitrogens is 1. The molecular formula is C12H19N3O. The average Bonchev–Trinajstić information content (AvgIpc) is 2.27. The lowest BCUT2D eigenvalue weighted by molar-refractivity contribution is 0.0621. The lowest BCUT2D eigenvalue weighted by atomic mass is 9.99. The molecule has 1 heterocycles. The van der Waals surface area contributed by atoms with Crippen molar-refractivity contribution in [2.24, 2.45) is 0 Å². The van der Waals surface area contributed by atoms with Crippen LogP contribution in [0.4, 0.5) is 5.69 Å². The van der Waals surface area contributed by atoms with E-state index >= 15 is 0 Å². The molecule has 0 atom stereocenters. The standard InChI is InChI=1S/C12H19N3O/c1-5-12(2,3)15(4)11(16)9-6-7-14-8-10(9)13/h6-8H,5,13H2,1-4H3. The summed E-state index contributed by atoms with van der Waals surface area (Å²) in [6.45, 7) is 6.12. The maximum Gasteiger partial charge on any atom is 0.256 e. The molecule has 0 aliphatic rings. The van der Waals surface area contributed by atoms with Gasteiger partial charge in [-0.15, -0.1) is 0 Å². The number of nitrogen functional groups attached to an aromatic ring is 1. The monoisotopic (exact) mass is 221 g/mol. The van der Waals surface area contributed by atoms with Crippen molar-refractivity contribution in [2.45, 2.75) is 32.7 Å². The number of carbonyl (C=O) groups is 1. The Morgan fingerprint density at radius 1 is 1.56 bits per heavy atom. The fourth-order valence-electron chi connectivity index (χ4n) is 1.29. The second-order valence-electron chi connectivity index (χ2n) is 4.49. The van der Waals surface area contributed by atoms with E-state index in [-0.39, 0.29) is 11.4 Å². The van der Waals surface area contributed by atoms with Gasteiger partial charge < -0.3 is 10.6 Å². The summed E-state index contributed by atoms with van der Waals surface area (Å²) in [6.07, 6.45) is 3.97. The van der Waals surface area contributed by atoms with Gasteiger partial charge in [0.2, 0.25) is 0 Å². The summed E-state index contributed by atoms with van der Waals surface area (Å²) >= 11 is 0. The number of amides is 1. The highest BCUT2D eigenvalue weighted by molar-refractivity contribution is 5.99.